The summed E-state index contributed by atoms with van der Waals surface area (Å²) in [6.45, 7) is 1.83. The van der Waals surface area contributed by atoms with Gasteiger partial charge in [-0.05, 0) is 43.4 Å². The second-order valence-electron chi connectivity index (χ2n) is 6.62. The third-order valence-corrected chi connectivity index (χ3v) is 4.84. The minimum absolute atomic E-state index is 0.179. The molecule has 1 aromatic heterocycles. The van der Waals surface area contributed by atoms with E-state index in [0.717, 1.165) is 31.4 Å². The fourth-order valence-electron chi connectivity index (χ4n) is 3.28. The average molecular weight is 384 g/mol. The van der Waals surface area contributed by atoms with Crippen molar-refractivity contribution in [1.82, 2.24) is 15.5 Å². The highest BCUT2D eigenvalue weighted by Crippen LogP contribution is 2.34. The number of nitrogens with zero attached hydrogens (tertiary/aromatic N) is 2. The SMILES string of the molecule is O=C(NCCC1CCN(c2ccc(C(F)(F)F)c(F)c2)CC1)c1cn[nH]c1. The van der Waals surface area contributed by atoms with E-state index in [1.807, 2.05) is 4.90 Å². The molecule has 0 radical (unpaired) electrons. The van der Waals surface area contributed by atoms with Gasteiger partial charge in [-0.2, -0.15) is 18.3 Å². The van der Waals surface area contributed by atoms with Crippen molar-refractivity contribution in [3.63, 3.8) is 0 Å². The number of piperidine rings is 1. The Morgan fingerprint density at radius 1 is 1.30 bits per heavy atom. The number of aromatic amines is 1. The van der Waals surface area contributed by atoms with Crippen molar-refractivity contribution in [2.45, 2.75) is 25.4 Å². The topological polar surface area (TPSA) is 61.0 Å². The van der Waals surface area contributed by atoms with E-state index >= 15 is 0 Å². The molecule has 1 aliphatic heterocycles. The van der Waals surface area contributed by atoms with Gasteiger partial charge in [-0.15, -0.1) is 0 Å². The summed E-state index contributed by atoms with van der Waals surface area (Å²) in [4.78, 5) is 13.7. The maximum Gasteiger partial charge on any atom is 0.419 e. The molecular formula is C18H20F4N4O. The fraction of sp³-hybridized carbons (Fsp3) is 0.444. The van der Waals surface area contributed by atoms with E-state index in [-0.39, 0.29) is 5.91 Å². The Kier molecular flexibility index (Phi) is 5.67. The minimum Gasteiger partial charge on any atom is -0.371 e. The molecule has 2 heterocycles. The van der Waals surface area contributed by atoms with Crippen molar-refractivity contribution in [1.29, 1.82) is 0 Å². The number of nitrogens with one attached hydrogen (secondary N) is 2. The Bertz CT molecular complexity index is 768. The standard InChI is InChI=1S/C18H20F4N4O/c19-16-9-14(1-2-15(16)18(20,21)22)26-7-4-12(5-8-26)3-6-23-17(27)13-10-24-25-11-13/h1-2,9-12H,3-8H2,(H,23,27)(H,24,25). The maximum absolute atomic E-state index is 13.7. The number of H-pyrrole nitrogens is 1. The molecule has 0 bridgehead atoms. The van der Waals surface area contributed by atoms with Crippen LogP contribution in [-0.4, -0.2) is 35.7 Å². The van der Waals surface area contributed by atoms with Crippen LogP contribution in [0, 0.1) is 11.7 Å². The molecule has 146 valence electrons. The number of carbonyl (C=O) groups excluding carboxylic acids is 1. The molecule has 0 spiro atoms. The summed E-state index contributed by atoms with van der Waals surface area (Å²) in [5.41, 5.74) is -0.295. The first-order chi connectivity index (χ1) is 12.8. The van der Waals surface area contributed by atoms with Gasteiger partial charge in [0.05, 0.1) is 17.3 Å². The molecule has 1 saturated heterocycles. The van der Waals surface area contributed by atoms with Crippen LogP contribution in [0.15, 0.2) is 30.6 Å². The monoisotopic (exact) mass is 384 g/mol. The molecule has 0 atom stereocenters. The summed E-state index contributed by atoms with van der Waals surface area (Å²) in [6.07, 6.45) is 0.789. The summed E-state index contributed by atoms with van der Waals surface area (Å²) in [5.74, 6) is -1.02. The smallest absolute Gasteiger partial charge is 0.371 e. The molecule has 1 aliphatic rings. The molecule has 0 unspecified atom stereocenters. The van der Waals surface area contributed by atoms with E-state index in [9.17, 15) is 22.4 Å². The lowest BCUT2D eigenvalue weighted by Gasteiger charge is -2.34. The van der Waals surface area contributed by atoms with Gasteiger partial charge in [-0.3, -0.25) is 9.89 Å². The molecule has 2 aromatic rings. The number of rotatable bonds is 5. The third kappa shape index (κ3) is 4.78. The molecule has 1 aromatic carbocycles. The zero-order chi connectivity index (χ0) is 19.4. The van der Waals surface area contributed by atoms with Crippen LogP contribution in [-0.2, 0) is 6.18 Å². The van der Waals surface area contributed by atoms with Crippen molar-refractivity contribution < 1.29 is 22.4 Å². The van der Waals surface area contributed by atoms with Gasteiger partial charge < -0.3 is 10.2 Å². The summed E-state index contributed by atoms with van der Waals surface area (Å²) in [6, 6.07) is 3.06. The molecule has 0 aliphatic carbocycles. The number of aromatic nitrogens is 2. The van der Waals surface area contributed by atoms with Gasteiger partial charge >= 0.3 is 6.18 Å². The first kappa shape index (κ1) is 19.2. The van der Waals surface area contributed by atoms with E-state index in [1.165, 1.54) is 18.5 Å². The zero-order valence-corrected chi connectivity index (χ0v) is 14.5. The Hall–Kier alpha value is -2.58. The number of carbonyl (C=O) groups is 1. The predicted octanol–water partition coefficient (Wildman–Crippen LogP) is 3.60. The molecule has 1 amide bonds. The molecule has 5 nitrogen and oxygen atoms in total. The van der Waals surface area contributed by atoms with Crippen LogP contribution < -0.4 is 10.2 Å². The summed E-state index contributed by atoms with van der Waals surface area (Å²) in [7, 11) is 0. The number of amides is 1. The van der Waals surface area contributed by atoms with E-state index in [4.69, 9.17) is 0 Å². The van der Waals surface area contributed by atoms with Gasteiger partial charge in [0.25, 0.3) is 5.91 Å². The largest absolute Gasteiger partial charge is 0.419 e. The van der Waals surface area contributed by atoms with Crippen LogP contribution in [0.5, 0.6) is 0 Å². The molecular weight excluding hydrogens is 364 g/mol. The van der Waals surface area contributed by atoms with Crippen molar-refractivity contribution in [3.8, 4) is 0 Å². The van der Waals surface area contributed by atoms with Crippen LogP contribution >= 0.6 is 0 Å². The van der Waals surface area contributed by atoms with Gasteiger partial charge in [0.1, 0.15) is 5.82 Å². The van der Waals surface area contributed by atoms with E-state index in [2.05, 4.69) is 15.5 Å². The first-order valence-electron chi connectivity index (χ1n) is 8.73. The van der Waals surface area contributed by atoms with Gasteiger partial charge in [-0.25, -0.2) is 4.39 Å². The second-order valence-corrected chi connectivity index (χ2v) is 6.62. The van der Waals surface area contributed by atoms with Crippen LogP contribution in [0.1, 0.15) is 35.2 Å². The van der Waals surface area contributed by atoms with Crippen LogP contribution in [0.3, 0.4) is 0 Å². The number of halogens is 4. The number of alkyl halides is 3. The Labute approximate surface area is 153 Å². The average Bonchev–Trinajstić information content (AvgIpc) is 3.16. The van der Waals surface area contributed by atoms with Crippen molar-refractivity contribution in [2.75, 3.05) is 24.5 Å². The molecule has 3 rings (SSSR count). The normalized spacial score (nSPS) is 15.8. The molecule has 0 saturated carbocycles. The van der Waals surface area contributed by atoms with Crippen LogP contribution in [0.2, 0.25) is 0 Å². The van der Waals surface area contributed by atoms with E-state index in [0.29, 0.717) is 36.8 Å². The highest BCUT2D eigenvalue weighted by atomic mass is 19.4. The van der Waals surface area contributed by atoms with Crippen molar-refractivity contribution in [2.24, 2.45) is 5.92 Å². The van der Waals surface area contributed by atoms with Gasteiger partial charge in [-0.1, -0.05) is 0 Å². The third-order valence-electron chi connectivity index (χ3n) is 4.84. The van der Waals surface area contributed by atoms with Gasteiger partial charge in [0, 0.05) is 31.5 Å². The zero-order valence-electron chi connectivity index (χ0n) is 14.5. The van der Waals surface area contributed by atoms with E-state index in [1.54, 1.807) is 0 Å². The number of anilines is 1. The lowest BCUT2D eigenvalue weighted by molar-refractivity contribution is -0.139. The molecule has 9 heteroatoms. The van der Waals surface area contributed by atoms with Crippen molar-refractivity contribution >= 4 is 11.6 Å². The predicted molar refractivity (Wildman–Crippen MR) is 91.9 cm³/mol. The molecule has 2 N–H and O–H groups in total. The van der Waals surface area contributed by atoms with E-state index < -0.39 is 17.6 Å². The first-order valence-corrected chi connectivity index (χ1v) is 8.73. The Balaban J connectivity index is 1.46. The highest BCUT2D eigenvalue weighted by molar-refractivity contribution is 5.93. The lowest BCUT2D eigenvalue weighted by Crippen LogP contribution is -2.35. The van der Waals surface area contributed by atoms with Crippen molar-refractivity contribution in [3.05, 3.63) is 47.5 Å². The quantitative estimate of drug-likeness (QED) is 0.775. The lowest BCUT2D eigenvalue weighted by atomic mass is 9.93. The van der Waals surface area contributed by atoms with Gasteiger partial charge in [0.2, 0.25) is 0 Å². The molecule has 27 heavy (non-hydrogen) atoms. The summed E-state index contributed by atoms with van der Waals surface area (Å²) < 4.78 is 51.7. The second kappa shape index (κ2) is 7.98. The number of benzene rings is 1. The molecule has 1 fully saturated rings. The summed E-state index contributed by atoms with van der Waals surface area (Å²) in [5, 5.41) is 9.14. The Morgan fingerprint density at radius 3 is 2.63 bits per heavy atom. The van der Waals surface area contributed by atoms with Crippen LogP contribution in [0.25, 0.3) is 0 Å². The Morgan fingerprint density at radius 2 is 2.04 bits per heavy atom. The minimum atomic E-state index is -4.68. The number of hydrogen-bond donors (Lipinski definition) is 2. The van der Waals surface area contributed by atoms with Crippen LogP contribution in [0.4, 0.5) is 23.2 Å². The fourth-order valence-corrected chi connectivity index (χ4v) is 3.28. The summed E-state index contributed by atoms with van der Waals surface area (Å²) >= 11 is 0. The highest BCUT2D eigenvalue weighted by Gasteiger charge is 2.34. The number of hydrogen-bond acceptors (Lipinski definition) is 3. The van der Waals surface area contributed by atoms with Gasteiger partial charge in [0.15, 0.2) is 0 Å². The maximum atomic E-state index is 13.7.